The van der Waals surface area contributed by atoms with Gasteiger partial charge in [0, 0.05) is 64.1 Å². The van der Waals surface area contributed by atoms with Gasteiger partial charge >= 0.3 is 0 Å². The van der Waals surface area contributed by atoms with Crippen LogP contribution in [-0.2, 0) is 14.1 Å². The summed E-state index contributed by atoms with van der Waals surface area (Å²) in [5.74, 6) is 3.59. The van der Waals surface area contributed by atoms with Crippen LogP contribution in [0.3, 0.4) is 0 Å². The van der Waals surface area contributed by atoms with Crippen LogP contribution >= 0.6 is 55.4 Å². The molecule has 3 N–H and O–H groups in total. The van der Waals surface area contributed by atoms with E-state index in [4.69, 9.17) is 10.2 Å². The maximum atomic E-state index is 9.78. The van der Waals surface area contributed by atoms with Gasteiger partial charge in [-0.25, -0.2) is 0 Å². The summed E-state index contributed by atoms with van der Waals surface area (Å²) >= 11 is 10.8. The largest absolute Gasteiger partial charge is 0.394 e. The van der Waals surface area contributed by atoms with Crippen molar-refractivity contribution in [1.29, 1.82) is 5.26 Å². The molecule has 0 bridgehead atoms. The molecule has 2 aromatic carbocycles. The molecule has 4 atom stereocenters. The number of hydrogen-bond acceptors (Lipinski definition) is 10. The van der Waals surface area contributed by atoms with E-state index >= 15 is 0 Å². The minimum atomic E-state index is -0.0125. The zero-order valence-corrected chi connectivity index (χ0v) is 35.7. The lowest BCUT2D eigenvalue weighted by Crippen LogP contribution is -2.26. The van der Waals surface area contributed by atoms with Crippen molar-refractivity contribution in [1.82, 2.24) is 29.5 Å². The minimum Gasteiger partial charge on any atom is -0.394 e. The van der Waals surface area contributed by atoms with Gasteiger partial charge in [-0.2, -0.15) is 15.5 Å². The van der Waals surface area contributed by atoms with E-state index in [1.165, 1.54) is 22.3 Å². The van der Waals surface area contributed by atoms with Crippen LogP contribution in [0.15, 0.2) is 94.1 Å². The van der Waals surface area contributed by atoms with E-state index in [0.717, 1.165) is 66.0 Å². The van der Waals surface area contributed by atoms with E-state index in [2.05, 4.69) is 109 Å². The molecule has 10 nitrogen and oxygen atoms in total. The van der Waals surface area contributed by atoms with E-state index in [-0.39, 0.29) is 29.2 Å². The van der Waals surface area contributed by atoms with Crippen molar-refractivity contribution in [2.24, 2.45) is 14.1 Å². The van der Waals surface area contributed by atoms with E-state index in [0.29, 0.717) is 6.42 Å². The summed E-state index contributed by atoms with van der Waals surface area (Å²) in [6, 6.07) is 27.0. The smallest absolute Gasteiger partial charge is 0.129 e. The molecule has 4 aromatic heterocycles. The molecular formula is C41H41Br2N9OS2. The number of thioether (sulfide) groups is 2. The molecule has 0 aliphatic carbocycles. The summed E-state index contributed by atoms with van der Waals surface area (Å²) in [6.45, 7) is 4.36. The molecule has 8 rings (SSSR count). The van der Waals surface area contributed by atoms with Gasteiger partial charge in [-0.15, -0.1) is 23.5 Å². The van der Waals surface area contributed by atoms with Crippen molar-refractivity contribution >= 4 is 67.0 Å². The van der Waals surface area contributed by atoms with Gasteiger partial charge in [-0.1, -0.05) is 56.1 Å². The van der Waals surface area contributed by atoms with E-state index in [1.807, 2.05) is 83.4 Å². The van der Waals surface area contributed by atoms with Gasteiger partial charge in [-0.05, 0) is 84.6 Å². The van der Waals surface area contributed by atoms with Crippen LogP contribution in [0.25, 0.3) is 22.8 Å². The highest BCUT2D eigenvalue weighted by atomic mass is 79.9. The van der Waals surface area contributed by atoms with Gasteiger partial charge in [0.15, 0.2) is 0 Å². The predicted molar refractivity (Wildman–Crippen MR) is 231 cm³/mol. The third kappa shape index (κ3) is 8.37. The molecule has 0 saturated heterocycles. The average molecular weight is 900 g/mol. The van der Waals surface area contributed by atoms with Gasteiger partial charge in [0.25, 0.3) is 0 Å². The van der Waals surface area contributed by atoms with Crippen molar-refractivity contribution in [2.45, 2.75) is 42.9 Å². The minimum absolute atomic E-state index is 0.0125. The zero-order valence-electron chi connectivity index (χ0n) is 30.9. The normalized spacial score (nSPS) is 18.9. The van der Waals surface area contributed by atoms with Crippen LogP contribution in [0, 0.1) is 25.2 Å². The van der Waals surface area contributed by atoms with E-state index in [9.17, 15) is 10.4 Å². The van der Waals surface area contributed by atoms with E-state index in [1.54, 1.807) is 12.4 Å². The topological polar surface area (TPSA) is 130 Å². The second-order valence-electron chi connectivity index (χ2n) is 13.6. The van der Waals surface area contributed by atoms with Crippen molar-refractivity contribution in [3.8, 4) is 28.8 Å². The second kappa shape index (κ2) is 17.3. The first-order valence-corrected chi connectivity index (χ1v) is 21.6. The first kappa shape index (κ1) is 39.1. The van der Waals surface area contributed by atoms with Crippen LogP contribution in [0.4, 0.5) is 11.6 Å². The molecule has 2 aliphatic rings. The molecule has 2 aliphatic heterocycles. The molecule has 0 spiro atoms. The number of aromatic nitrogens is 6. The quantitative estimate of drug-likeness (QED) is 0.149. The SMILES string of the molecule is Cc1cc(Br)ccc1[C@@H]1SC[C@@H](CC#N)Nc2c1c(-c1ccccn1)nn2C.Cc1cc(Br)ccc1[C@@H]1SC[C@@H](CO)Nc2c1c(-c1ccccn1)nn2C. The lowest BCUT2D eigenvalue weighted by atomic mass is 9.98. The van der Waals surface area contributed by atoms with Crippen LogP contribution in [0.1, 0.15) is 50.3 Å². The number of hydrogen-bond donors (Lipinski definition) is 3. The maximum absolute atomic E-state index is 9.78. The van der Waals surface area contributed by atoms with E-state index < -0.39 is 0 Å². The van der Waals surface area contributed by atoms with Gasteiger partial charge in [0.05, 0.1) is 47.0 Å². The van der Waals surface area contributed by atoms with Gasteiger partial charge in [0.1, 0.15) is 23.0 Å². The number of fused-ring (bicyclic) bond motifs is 2. The summed E-state index contributed by atoms with van der Waals surface area (Å²) in [5, 5.41) is 35.9. The third-order valence-corrected chi connectivity index (χ3v) is 13.5. The molecule has 0 amide bonds. The molecule has 14 heteroatoms. The third-order valence-electron chi connectivity index (χ3n) is 9.70. The van der Waals surface area contributed by atoms with Gasteiger partial charge in [-0.3, -0.25) is 19.3 Å². The zero-order chi connectivity index (χ0) is 38.6. The lowest BCUT2D eigenvalue weighted by Gasteiger charge is -2.19. The number of aliphatic hydroxyl groups is 1. The standard InChI is InChI=1S/C21H20BrN5S.C20H21BrN4OS/c1-13-11-14(22)6-7-16(13)20-18-19(17-5-3-4-10-24-17)26-27(2)21(18)25-15(8-9-23)12-28-20;1-12-9-13(21)6-7-15(12)19-17-18(16-5-3-4-8-22-16)24-25(2)20(17)23-14(10-26)11-27-19/h3-7,10-11,15,20,25H,8,12H2,1-2H3;3-9,14,19,23,26H,10-11H2,1-2H3/t15-,20+;14-,19+/m11/s1. The van der Waals surface area contributed by atoms with Crippen LogP contribution in [-0.4, -0.2) is 64.8 Å². The van der Waals surface area contributed by atoms with Crippen molar-refractivity contribution in [3.05, 3.63) is 128 Å². The molecule has 282 valence electrons. The Hall–Kier alpha value is -4.13. The fourth-order valence-electron chi connectivity index (χ4n) is 7.04. The Morgan fingerprint density at radius 2 is 1.22 bits per heavy atom. The van der Waals surface area contributed by atoms with Gasteiger partial charge < -0.3 is 15.7 Å². The predicted octanol–water partition coefficient (Wildman–Crippen LogP) is 9.25. The highest BCUT2D eigenvalue weighted by Crippen LogP contribution is 2.49. The summed E-state index contributed by atoms with van der Waals surface area (Å²) in [5.41, 5.74) is 10.7. The molecule has 0 saturated carbocycles. The molecule has 55 heavy (non-hydrogen) atoms. The molecule has 0 radical (unpaired) electrons. The van der Waals surface area contributed by atoms with Crippen LogP contribution in [0.5, 0.6) is 0 Å². The first-order chi connectivity index (χ1) is 26.7. The Morgan fingerprint density at radius 1 is 0.745 bits per heavy atom. The summed E-state index contributed by atoms with van der Waals surface area (Å²) in [7, 11) is 3.89. The molecule has 0 fully saturated rings. The highest BCUT2D eigenvalue weighted by Gasteiger charge is 2.34. The first-order valence-electron chi connectivity index (χ1n) is 17.9. The summed E-state index contributed by atoms with van der Waals surface area (Å²) in [4.78, 5) is 9.08. The summed E-state index contributed by atoms with van der Waals surface area (Å²) in [6.07, 6.45) is 4.05. The molecule has 6 heterocycles. The fourth-order valence-corrected chi connectivity index (χ4v) is 10.9. The number of pyridine rings is 2. The van der Waals surface area contributed by atoms with Crippen LogP contribution < -0.4 is 10.6 Å². The van der Waals surface area contributed by atoms with Crippen molar-refractivity contribution in [3.63, 3.8) is 0 Å². The number of nitrogens with one attached hydrogen (secondary N) is 2. The number of benzene rings is 2. The number of halogens is 2. The molecule has 6 aromatic rings. The fraction of sp³-hybridized carbons (Fsp3) is 0.293. The summed E-state index contributed by atoms with van der Waals surface area (Å²) < 4.78 is 5.90. The second-order valence-corrected chi connectivity index (χ2v) is 17.7. The maximum Gasteiger partial charge on any atom is 0.129 e. The van der Waals surface area contributed by atoms with Crippen LogP contribution in [0.2, 0.25) is 0 Å². The van der Waals surface area contributed by atoms with Crippen molar-refractivity contribution < 1.29 is 5.11 Å². The highest BCUT2D eigenvalue weighted by molar-refractivity contribution is 9.10. The Kier molecular flexibility index (Phi) is 12.3. The monoisotopic (exact) mass is 897 g/mol. The Labute approximate surface area is 346 Å². The Morgan fingerprint density at radius 3 is 1.64 bits per heavy atom. The number of nitrogens with zero attached hydrogens (tertiary/aromatic N) is 7. The Balaban J connectivity index is 0.000000169. The number of anilines is 2. The van der Waals surface area contributed by atoms with Gasteiger partial charge in [0.2, 0.25) is 0 Å². The Bertz CT molecular complexity index is 2330. The molecule has 0 unspecified atom stereocenters. The number of aryl methyl sites for hydroxylation is 4. The number of nitriles is 1. The lowest BCUT2D eigenvalue weighted by molar-refractivity contribution is 0.282. The van der Waals surface area contributed by atoms with Crippen molar-refractivity contribution in [2.75, 3.05) is 28.7 Å². The number of aliphatic hydroxyl groups excluding tert-OH is 1. The number of rotatable bonds is 6. The molecular weight excluding hydrogens is 858 g/mol. The average Bonchev–Trinajstić information content (AvgIpc) is 3.50.